The molecule has 0 aromatic heterocycles. The third-order valence-corrected chi connectivity index (χ3v) is 6.99. The topological polar surface area (TPSA) is 38.3 Å². The number of hydrogen-bond acceptors (Lipinski definition) is 2. The van der Waals surface area contributed by atoms with Gasteiger partial charge in [-0.15, -0.1) is 0 Å². The molecule has 5 rings (SSSR count). The molecule has 172 valence electrons. The average molecular weight is 450 g/mol. The lowest BCUT2D eigenvalue weighted by molar-refractivity contribution is -0.116. The second-order valence-corrected chi connectivity index (χ2v) is 9.25. The molecule has 3 aromatic rings. The summed E-state index contributed by atoms with van der Waals surface area (Å²) in [6.45, 7) is 1.36. The largest absolute Gasteiger partial charge is 0.489 e. The third-order valence-electron chi connectivity index (χ3n) is 6.99. The van der Waals surface area contributed by atoms with E-state index in [1.807, 2.05) is 18.2 Å². The molecule has 1 heterocycles. The van der Waals surface area contributed by atoms with Crippen molar-refractivity contribution in [1.29, 1.82) is 0 Å². The van der Waals surface area contributed by atoms with E-state index in [0.717, 1.165) is 37.0 Å². The molecule has 1 fully saturated rings. The molecule has 0 saturated heterocycles. The van der Waals surface area contributed by atoms with E-state index in [0.29, 0.717) is 19.1 Å². The summed E-state index contributed by atoms with van der Waals surface area (Å²) in [4.78, 5) is 12.4. The van der Waals surface area contributed by atoms with E-state index in [-0.39, 0.29) is 11.3 Å². The molecule has 1 aliphatic carbocycles. The maximum atomic E-state index is 12.4. The molecule has 1 saturated carbocycles. The smallest absolute Gasteiger partial charge is 0.243 e. The van der Waals surface area contributed by atoms with Crippen LogP contribution < -0.4 is 10.1 Å². The highest BCUT2D eigenvalue weighted by molar-refractivity contribution is 5.87. The minimum Gasteiger partial charge on any atom is -0.489 e. The molecular formula is C31H31NO2. The first-order valence-corrected chi connectivity index (χ1v) is 12.2. The van der Waals surface area contributed by atoms with E-state index in [9.17, 15) is 4.79 Å². The highest BCUT2D eigenvalue weighted by atomic mass is 16.5. The summed E-state index contributed by atoms with van der Waals surface area (Å²) in [5.74, 6) is 1.30. The van der Waals surface area contributed by atoms with Gasteiger partial charge in [0, 0.05) is 17.5 Å². The van der Waals surface area contributed by atoms with Crippen molar-refractivity contribution in [3.63, 3.8) is 0 Å². The number of benzene rings is 3. The van der Waals surface area contributed by atoms with Gasteiger partial charge in [-0.3, -0.25) is 4.79 Å². The number of carbonyl (C=O) groups excluding carboxylic acids is 1. The van der Waals surface area contributed by atoms with Gasteiger partial charge in [0.25, 0.3) is 0 Å². The van der Waals surface area contributed by atoms with Crippen LogP contribution in [0.4, 0.5) is 0 Å². The number of nitrogens with one attached hydrogen (secondary N) is 1. The zero-order valence-corrected chi connectivity index (χ0v) is 19.5. The van der Waals surface area contributed by atoms with E-state index in [4.69, 9.17) is 4.74 Å². The maximum Gasteiger partial charge on any atom is 0.243 e. The second kappa shape index (κ2) is 10.1. The SMILES string of the molecule is O=C(/C=C/[C@@H]1CC1(c1ccccc1)c1ccccc1)NCCCCC1=Cc2ccccc2OC1. The first kappa shape index (κ1) is 22.2. The molecule has 0 spiro atoms. The van der Waals surface area contributed by atoms with Crippen LogP contribution in [0, 0.1) is 5.92 Å². The summed E-state index contributed by atoms with van der Waals surface area (Å²) in [5, 5.41) is 3.05. The van der Waals surface area contributed by atoms with E-state index in [2.05, 4.69) is 84.2 Å². The molecule has 0 radical (unpaired) electrons. The normalized spacial score (nSPS) is 18.0. The predicted octanol–water partition coefficient (Wildman–Crippen LogP) is 6.31. The van der Waals surface area contributed by atoms with Gasteiger partial charge in [0.2, 0.25) is 5.91 Å². The molecule has 2 aliphatic rings. The van der Waals surface area contributed by atoms with Crippen LogP contribution >= 0.6 is 0 Å². The third kappa shape index (κ3) is 4.84. The fourth-order valence-electron chi connectivity index (χ4n) is 5.08. The van der Waals surface area contributed by atoms with E-state index in [1.54, 1.807) is 6.08 Å². The Morgan fingerprint density at radius 3 is 2.32 bits per heavy atom. The molecule has 1 atom stereocenters. The van der Waals surface area contributed by atoms with Gasteiger partial charge in [-0.1, -0.05) is 84.9 Å². The van der Waals surface area contributed by atoms with Crippen LogP contribution in [0.5, 0.6) is 5.75 Å². The second-order valence-electron chi connectivity index (χ2n) is 9.25. The van der Waals surface area contributed by atoms with Crippen LogP contribution in [0.3, 0.4) is 0 Å². The molecule has 1 amide bonds. The van der Waals surface area contributed by atoms with Gasteiger partial charge in [-0.05, 0) is 66.5 Å². The molecule has 3 heteroatoms. The van der Waals surface area contributed by atoms with Crippen LogP contribution in [0.1, 0.15) is 42.4 Å². The molecule has 0 unspecified atom stereocenters. The van der Waals surface area contributed by atoms with Crippen LogP contribution in [-0.4, -0.2) is 19.1 Å². The molecule has 3 aromatic carbocycles. The Bertz CT molecular complexity index is 1140. The van der Waals surface area contributed by atoms with Crippen molar-refractivity contribution in [1.82, 2.24) is 5.32 Å². The summed E-state index contributed by atoms with van der Waals surface area (Å²) < 4.78 is 5.83. The summed E-state index contributed by atoms with van der Waals surface area (Å²) in [5.41, 5.74) is 5.09. The number of hydrogen-bond donors (Lipinski definition) is 1. The number of para-hydroxylation sites is 1. The lowest BCUT2D eigenvalue weighted by Gasteiger charge is -2.18. The van der Waals surface area contributed by atoms with Crippen molar-refractivity contribution in [2.75, 3.05) is 13.2 Å². The number of allylic oxidation sites excluding steroid dienone is 1. The van der Waals surface area contributed by atoms with Gasteiger partial charge in [-0.25, -0.2) is 0 Å². The Morgan fingerprint density at radius 2 is 1.59 bits per heavy atom. The first-order chi connectivity index (χ1) is 16.8. The number of fused-ring (bicyclic) bond motifs is 1. The van der Waals surface area contributed by atoms with E-state index in [1.165, 1.54) is 16.7 Å². The van der Waals surface area contributed by atoms with Crippen molar-refractivity contribution in [2.24, 2.45) is 5.92 Å². The fraction of sp³-hybridized carbons (Fsp3) is 0.258. The minimum atomic E-state index is -0.0201. The molecule has 0 bridgehead atoms. The molecule has 1 N–H and O–H groups in total. The summed E-state index contributed by atoms with van der Waals surface area (Å²) in [6, 6.07) is 29.4. The van der Waals surface area contributed by atoms with Gasteiger partial charge in [-0.2, -0.15) is 0 Å². The average Bonchev–Trinajstić information content (AvgIpc) is 3.64. The number of rotatable bonds is 9. The summed E-state index contributed by atoms with van der Waals surface area (Å²) in [6.07, 6.45) is 10.1. The Hall–Kier alpha value is -3.59. The zero-order chi connectivity index (χ0) is 23.2. The maximum absolute atomic E-state index is 12.4. The van der Waals surface area contributed by atoms with Crippen LogP contribution in [0.25, 0.3) is 6.08 Å². The first-order valence-electron chi connectivity index (χ1n) is 12.2. The van der Waals surface area contributed by atoms with Crippen molar-refractivity contribution >= 4 is 12.0 Å². The number of ether oxygens (including phenoxy) is 1. The standard InChI is InChI=1S/C31H31NO2/c33-30(32-20-10-9-11-24-21-25-12-7-8-17-29(25)34-23-24)19-18-28-22-31(28,26-13-3-1-4-14-26)27-15-5-2-6-16-27/h1-8,12-19,21,28H,9-11,20,22-23H2,(H,32,33)/b19-18+/t28-/m1/s1. The highest BCUT2D eigenvalue weighted by Crippen LogP contribution is 2.59. The monoisotopic (exact) mass is 449 g/mol. The Morgan fingerprint density at radius 1 is 0.912 bits per heavy atom. The van der Waals surface area contributed by atoms with Gasteiger partial charge in [0.05, 0.1) is 0 Å². The van der Waals surface area contributed by atoms with Crippen LogP contribution in [0.2, 0.25) is 0 Å². The van der Waals surface area contributed by atoms with Crippen LogP contribution in [0.15, 0.2) is 103 Å². The lowest BCUT2D eigenvalue weighted by Crippen LogP contribution is -2.22. The summed E-state index contributed by atoms with van der Waals surface area (Å²) >= 11 is 0. The molecule has 34 heavy (non-hydrogen) atoms. The lowest BCUT2D eigenvalue weighted by atomic mass is 9.85. The summed E-state index contributed by atoms with van der Waals surface area (Å²) in [7, 11) is 0. The number of carbonyl (C=O) groups is 1. The Kier molecular flexibility index (Phi) is 6.62. The molecule has 3 nitrogen and oxygen atoms in total. The fourth-order valence-corrected chi connectivity index (χ4v) is 5.08. The van der Waals surface area contributed by atoms with Gasteiger partial charge in [0.1, 0.15) is 12.4 Å². The predicted molar refractivity (Wildman–Crippen MR) is 138 cm³/mol. The van der Waals surface area contributed by atoms with Gasteiger partial charge < -0.3 is 10.1 Å². The van der Waals surface area contributed by atoms with Crippen molar-refractivity contribution < 1.29 is 9.53 Å². The number of unbranched alkanes of at least 4 members (excludes halogenated alkanes) is 1. The van der Waals surface area contributed by atoms with Gasteiger partial charge in [0.15, 0.2) is 0 Å². The molecular weight excluding hydrogens is 418 g/mol. The van der Waals surface area contributed by atoms with Crippen molar-refractivity contribution in [2.45, 2.75) is 31.1 Å². The number of amides is 1. The van der Waals surface area contributed by atoms with Crippen molar-refractivity contribution in [3.05, 3.63) is 119 Å². The van der Waals surface area contributed by atoms with Gasteiger partial charge >= 0.3 is 0 Å². The highest BCUT2D eigenvalue weighted by Gasteiger charge is 2.54. The van der Waals surface area contributed by atoms with E-state index < -0.39 is 0 Å². The van der Waals surface area contributed by atoms with E-state index >= 15 is 0 Å². The minimum absolute atomic E-state index is 0.00364. The Labute approximate surface area is 202 Å². The molecule has 1 aliphatic heterocycles. The van der Waals surface area contributed by atoms with Crippen LogP contribution in [-0.2, 0) is 10.2 Å². The van der Waals surface area contributed by atoms with Crippen molar-refractivity contribution in [3.8, 4) is 5.75 Å². The zero-order valence-electron chi connectivity index (χ0n) is 19.5. The quantitative estimate of drug-likeness (QED) is 0.307. The Balaban J connectivity index is 1.10.